The van der Waals surface area contributed by atoms with Crippen LogP contribution in [0.25, 0.3) is 0 Å². The maximum Gasteiger partial charge on any atom is 0.508 e. The third kappa shape index (κ3) is 21.0. The first-order valence-electron chi connectivity index (χ1n) is 13.0. The fourth-order valence-electron chi connectivity index (χ4n) is 3.41. The maximum atomic E-state index is 11.7. The third-order valence-corrected chi connectivity index (χ3v) is 5.80. The van der Waals surface area contributed by atoms with E-state index in [2.05, 4.69) is 6.92 Å². The Morgan fingerprint density at radius 3 is 1.69 bits per heavy atom. The first kappa shape index (κ1) is 31.1. The Bertz CT molecular complexity index is 419. The van der Waals surface area contributed by atoms with E-state index in [1.807, 2.05) is 25.9 Å². The van der Waals surface area contributed by atoms with Crippen LogP contribution in [-0.4, -0.2) is 70.8 Å². The van der Waals surface area contributed by atoms with Crippen LogP contribution in [0.3, 0.4) is 0 Å². The van der Waals surface area contributed by atoms with Crippen LogP contribution in [-0.2, 0) is 18.9 Å². The molecule has 0 aromatic heterocycles. The third-order valence-electron chi connectivity index (χ3n) is 5.80. The summed E-state index contributed by atoms with van der Waals surface area (Å²) in [4.78, 5) is 13.6. The van der Waals surface area contributed by atoms with Crippen LogP contribution in [0.15, 0.2) is 0 Å². The number of ether oxygens (including phenoxy) is 4. The van der Waals surface area contributed by atoms with E-state index in [4.69, 9.17) is 18.9 Å². The van der Waals surface area contributed by atoms with Gasteiger partial charge in [0.1, 0.15) is 18.8 Å². The van der Waals surface area contributed by atoms with Crippen molar-refractivity contribution in [3.8, 4) is 0 Å². The predicted octanol–water partition coefficient (Wildman–Crippen LogP) is 6.60. The quantitative estimate of drug-likeness (QED) is 0.127. The van der Waals surface area contributed by atoms with Crippen molar-refractivity contribution < 1.29 is 23.7 Å². The molecule has 0 saturated carbocycles. The summed E-state index contributed by atoms with van der Waals surface area (Å²) in [7, 11) is 5.45. The van der Waals surface area contributed by atoms with E-state index in [9.17, 15) is 4.79 Å². The van der Waals surface area contributed by atoms with Gasteiger partial charge in [0.2, 0.25) is 0 Å². The van der Waals surface area contributed by atoms with Gasteiger partial charge in [-0.15, -0.1) is 0 Å². The minimum atomic E-state index is -0.665. The number of unbranched alkanes of at least 4 members (excludes halogenated alkanes) is 13. The van der Waals surface area contributed by atoms with E-state index >= 15 is 0 Å². The van der Waals surface area contributed by atoms with Crippen molar-refractivity contribution in [1.29, 1.82) is 0 Å². The molecule has 0 N–H and O–H groups in total. The number of carbonyl (C=O) groups excluding carboxylic acids is 1. The second-order valence-corrected chi connectivity index (χ2v) is 9.49. The fourth-order valence-corrected chi connectivity index (χ4v) is 3.41. The number of hydrogen-bond acceptors (Lipinski definition) is 6. The molecule has 0 amide bonds. The van der Waals surface area contributed by atoms with Gasteiger partial charge in [-0.1, -0.05) is 90.4 Å². The van der Waals surface area contributed by atoms with Gasteiger partial charge in [0.05, 0.1) is 6.61 Å². The van der Waals surface area contributed by atoms with Gasteiger partial charge in [-0.3, -0.25) is 0 Å². The summed E-state index contributed by atoms with van der Waals surface area (Å²) in [6.07, 6.45) is 18.2. The number of likely N-dealkylation sites (N-methyl/N-ethyl adjacent to an activating group) is 1. The van der Waals surface area contributed by atoms with Gasteiger partial charge in [-0.25, -0.2) is 4.79 Å². The molecule has 192 valence electrons. The molecule has 0 spiro atoms. The van der Waals surface area contributed by atoms with Crippen molar-refractivity contribution in [3.05, 3.63) is 0 Å². The van der Waals surface area contributed by atoms with E-state index < -0.39 is 11.8 Å². The van der Waals surface area contributed by atoms with Gasteiger partial charge in [0, 0.05) is 20.3 Å². The molecule has 0 aliphatic rings. The molecule has 0 bridgehead atoms. The van der Waals surface area contributed by atoms with E-state index in [0.29, 0.717) is 26.4 Å². The fraction of sp³-hybridized carbons (Fsp3) is 0.962. The zero-order chi connectivity index (χ0) is 23.9. The summed E-state index contributed by atoms with van der Waals surface area (Å²) in [6.45, 7) is 6.35. The zero-order valence-electron chi connectivity index (χ0n) is 21.9. The van der Waals surface area contributed by atoms with Gasteiger partial charge >= 0.3 is 6.16 Å². The Balaban J connectivity index is 3.52. The van der Waals surface area contributed by atoms with Crippen LogP contribution < -0.4 is 0 Å². The molecule has 1 atom stereocenters. The molecular weight excluding hydrogens is 406 g/mol. The van der Waals surface area contributed by atoms with Crippen molar-refractivity contribution >= 4 is 6.16 Å². The summed E-state index contributed by atoms with van der Waals surface area (Å²) >= 11 is 0. The Morgan fingerprint density at radius 2 is 1.22 bits per heavy atom. The van der Waals surface area contributed by atoms with Gasteiger partial charge < -0.3 is 23.8 Å². The van der Waals surface area contributed by atoms with Crippen LogP contribution in [0.2, 0.25) is 0 Å². The van der Waals surface area contributed by atoms with Crippen molar-refractivity contribution in [2.45, 2.75) is 109 Å². The largest absolute Gasteiger partial charge is 0.508 e. The number of carbonyl (C=O) groups is 1. The SMILES string of the molecule is CCCCCCCCCCCCCCCCOCC(C)(COC(=O)OCCN(C)C)OC. The molecule has 0 aromatic carbocycles. The van der Waals surface area contributed by atoms with Crippen LogP contribution in [0.1, 0.15) is 104 Å². The highest BCUT2D eigenvalue weighted by Gasteiger charge is 2.26. The average Bonchev–Trinajstić information content (AvgIpc) is 2.77. The van der Waals surface area contributed by atoms with Crippen molar-refractivity contribution in [3.63, 3.8) is 0 Å². The predicted molar refractivity (Wildman–Crippen MR) is 132 cm³/mol. The topological polar surface area (TPSA) is 57.2 Å². The lowest BCUT2D eigenvalue weighted by molar-refractivity contribution is -0.101. The molecule has 0 fully saturated rings. The molecule has 0 radical (unpaired) electrons. The summed E-state index contributed by atoms with van der Waals surface area (Å²) in [5, 5.41) is 0. The highest BCUT2D eigenvalue weighted by atomic mass is 16.7. The summed E-state index contributed by atoms with van der Waals surface area (Å²) < 4.78 is 21.5. The minimum absolute atomic E-state index is 0.114. The van der Waals surface area contributed by atoms with Crippen LogP contribution in [0.5, 0.6) is 0 Å². The molecule has 32 heavy (non-hydrogen) atoms. The van der Waals surface area contributed by atoms with E-state index in [1.165, 1.54) is 83.5 Å². The second-order valence-electron chi connectivity index (χ2n) is 9.49. The smallest absolute Gasteiger partial charge is 0.433 e. The van der Waals surface area contributed by atoms with E-state index in [-0.39, 0.29) is 6.61 Å². The van der Waals surface area contributed by atoms with Crippen LogP contribution in [0, 0.1) is 0 Å². The normalized spacial score (nSPS) is 13.3. The Labute approximate surface area is 198 Å². The molecule has 1 unspecified atom stereocenters. The van der Waals surface area contributed by atoms with Crippen LogP contribution in [0.4, 0.5) is 4.79 Å². The molecule has 0 rings (SSSR count). The molecule has 6 nitrogen and oxygen atoms in total. The number of rotatable bonds is 23. The highest BCUT2D eigenvalue weighted by Crippen LogP contribution is 2.14. The van der Waals surface area contributed by atoms with Crippen molar-refractivity contribution in [1.82, 2.24) is 4.90 Å². The Kier molecular flexibility index (Phi) is 21.4. The summed E-state index contributed by atoms with van der Waals surface area (Å²) in [5.74, 6) is 0. The molecule has 0 saturated heterocycles. The lowest BCUT2D eigenvalue weighted by Gasteiger charge is -2.27. The van der Waals surface area contributed by atoms with E-state index in [1.54, 1.807) is 7.11 Å². The van der Waals surface area contributed by atoms with Gasteiger partial charge in [-0.05, 0) is 27.4 Å². The average molecular weight is 460 g/mol. The monoisotopic (exact) mass is 459 g/mol. The highest BCUT2D eigenvalue weighted by molar-refractivity contribution is 5.59. The molecule has 0 aliphatic carbocycles. The number of methoxy groups -OCH3 is 1. The minimum Gasteiger partial charge on any atom is -0.433 e. The molecule has 0 heterocycles. The van der Waals surface area contributed by atoms with Gasteiger partial charge in [0.25, 0.3) is 0 Å². The van der Waals surface area contributed by atoms with Gasteiger partial charge in [-0.2, -0.15) is 0 Å². The maximum absolute atomic E-state index is 11.7. The molecular formula is C26H53NO5. The van der Waals surface area contributed by atoms with Gasteiger partial charge in [0.15, 0.2) is 0 Å². The first-order chi connectivity index (χ1) is 15.4. The number of nitrogens with zero attached hydrogens (tertiary/aromatic N) is 1. The first-order valence-corrected chi connectivity index (χ1v) is 13.0. The molecule has 0 aliphatic heterocycles. The molecule has 6 heteroatoms. The Hall–Kier alpha value is -0.850. The molecule has 0 aromatic rings. The zero-order valence-corrected chi connectivity index (χ0v) is 21.9. The number of hydrogen-bond donors (Lipinski definition) is 0. The lowest BCUT2D eigenvalue weighted by atomic mass is 10.0. The lowest BCUT2D eigenvalue weighted by Crippen LogP contribution is -2.39. The van der Waals surface area contributed by atoms with Crippen molar-refractivity contribution in [2.24, 2.45) is 0 Å². The van der Waals surface area contributed by atoms with E-state index in [0.717, 1.165) is 6.42 Å². The summed E-state index contributed by atoms with van der Waals surface area (Å²) in [5.41, 5.74) is -0.656. The standard InChI is InChI=1S/C26H53NO5/c1-6-7-8-9-10-11-12-13-14-15-16-17-18-19-21-30-23-26(2,29-5)24-32-25(28)31-22-20-27(3)4/h6-24H2,1-5H3. The second kappa shape index (κ2) is 22.0. The van der Waals surface area contributed by atoms with Crippen molar-refractivity contribution in [2.75, 3.05) is 54.2 Å². The summed E-state index contributed by atoms with van der Waals surface area (Å²) in [6, 6.07) is 0. The Morgan fingerprint density at radius 1 is 0.719 bits per heavy atom. The van der Waals surface area contributed by atoms with Crippen LogP contribution >= 0.6 is 0 Å².